The first-order chi connectivity index (χ1) is 17.3. The zero-order chi connectivity index (χ0) is 25.6. The predicted octanol–water partition coefficient (Wildman–Crippen LogP) is 4.27. The highest BCUT2D eigenvalue weighted by molar-refractivity contribution is 9.10. The van der Waals surface area contributed by atoms with Crippen LogP contribution in [0.4, 0.5) is 5.69 Å². The number of nitrogens with zero attached hydrogens (tertiary/aromatic N) is 4. The predicted molar refractivity (Wildman–Crippen MR) is 139 cm³/mol. The number of pyridine rings is 1. The van der Waals surface area contributed by atoms with Crippen LogP contribution in [0.2, 0.25) is 0 Å². The molecule has 0 saturated carbocycles. The Balaban J connectivity index is 1.77. The van der Waals surface area contributed by atoms with Gasteiger partial charge in [0.2, 0.25) is 0 Å². The topological polar surface area (TPSA) is 97.4 Å². The maximum Gasteiger partial charge on any atom is 0.300 e. The lowest BCUT2D eigenvalue weighted by atomic mass is 9.96. The first-order valence-electron chi connectivity index (χ1n) is 11.1. The van der Waals surface area contributed by atoms with Crippen LogP contribution in [0, 0.1) is 6.92 Å². The second-order valence-corrected chi connectivity index (χ2v) is 9.29. The molecule has 3 heterocycles. The van der Waals surface area contributed by atoms with E-state index in [1.54, 1.807) is 73.4 Å². The van der Waals surface area contributed by atoms with Gasteiger partial charge in [-0.25, -0.2) is 4.68 Å². The Morgan fingerprint density at radius 3 is 2.31 bits per heavy atom. The number of hydrogen-bond donors (Lipinski definition) is 1. The Labute approximate surface area is 214 Å². The van der Waals surface area contributed by atoms with Crippen molar-refractivity contribution >= 4 is 39.1 Å². The summed E-state index contributed by atoms with van der Waals surface area (Å²) in [5.74, 6) is -2.10. The van der Waals surface area contributed by atoms with Crippen LogP contribution in [0.5, 0.6) is 0 Å². The van der Waals surface area contributed by atoms with E-state index in [9.17, 15) is 19.5 Å². The number of amides is 1. The maximum absolute atomic E-state index is 13.7. The summed E-state index contributed by atoms with van der Waals surface area (Å²) in [7, 11) is 1.71. The second kappa shape index (κ2) is 9.09. The monoisotopic (exact) mass is 544 g/mol. The van der Waals surface area contributed by atoms with Crippen molar-refractivity contribution in [3.05, 3.63) is 116 Å². The first-order valence-corrected chi connectivity index (χ1v) is 11.9. The van der Waals surface area contributed by atoms with E-state index in [2.05, 4.69) is 20.9 Å². The fourth-order valence-electron chi connectivity index (χ4n) is 4.51. The van der Waals surface area contributed by atoms with Gasteiger partial charge in [0.15, 0.2) is 0 Å². The number of aromatic nitrogens is 3. The van der Waals surface area contributed by atoms with Crippen LogP contribution in [0.25, 0.3) is 11.4 Å². The lowest BCUT2D eigenvalue weighted by Gasteiger charge is -2.24. The number of halogens is 1. The third-order valence-corrected chi connectivity index (χ3v) is 6.86. The number of ketones is 1. The molecule has 5 rings (SSSR count). The van der Waals surface area contributed by atoms with Gasteiger partial charge in [0.25, 0.3) is 17.2 Å². The molecule has 2 aromatic carbocycles. The summed E-state index contributed by atoms with van der Waals surface area (Å²) >= 11 is 3.36. The third kappa shape index (κ3) is 3.68. The summed E-state index contributed by atoms with van der Waals surface area (Å²) in [5.41, 5.74) is 1.46. The van der Waals surface area contributed by atoms with Crippen molar-refractivity contribution in [2.75, 3.05) is 4.90 Å². The normalized spacial score (nSPS) is 17.1. The van der Waals surface area contributed by atoms with Crippen LogP contribution in [0.15, 0.2) is 94.0 Å². The van der Waals surface area contributed by atoms with Gasteiger partial charge < -0.3 is 5.11 Å². The van der Waals surface area contributed by atoms with Crippen LogP contribution < -0.4 is 10.5 Å². The van der Waals surface area contributed by atoms with Crippen molar-refractivity contribution in [1.82, 2.24) is 14.3 Å². The zero-order valence-electron chi connectivity index (χ0n) is 19.4. The summed E-state index contributed by atoms with van der Waals surface area (Å²) in [5, 5.41) is 11.2. The Morgan fingerprint density at radius 2 is 1.67 bits per heavy atom. The van der Waals surface area contributed by atoms with E-state index in [1.807, 2.05) is 18.2 Å². The lowest BCUT2D eigenvalue weighted by Crippen LogP contribution is -2.34. The summed E-state index contributed by atoms with van der Waals surface area (Å²) in [4.78, 5) is 46.0. The molecule has 0 aliphatic carbocycles. The fourth-order valence-corrected chi connectivity index (χ4v) is 4.78. The van der Waals surface area contributed by atoms with E-state index in [0.29, 0.717) is 22.5 Å². The molecule has 0 bridgehead atoms. The van der Waals surface area contributed by atoms with E-state index < -0.39 is 23.3 Å². The largest absolute Gasteiger partial charge is 0.507 e. The van der Waals surface area contributed by atoms with Crippen molar-refractivity contribution in [2.45, 2.75) is 13.0 Å². The Kier molecular flexibility index (Phi) is 5.93. The number of carbonyl (C=O) groups excluding carboxylic acids is 2. The number of aliphatic hydroxyl groups is 1. The summed E-state index contributed by atoms with van der Waals surface area (Å²) in [6.07, 6.45) is 3.09. The summed E-state index contributed by atoms with van der Waals surface area (Å²) in [6.45, 7) is 1.71. The molecule has 8 nitrogen and oxygen atoms in total. The highest BCUT2D eigenvalue weighted by Crippen LogP contribution is 2.42. The lowest BCUT2D eigenvalue weighted by molar-refractivity contribution is -0.132. The SMILES string of the molecule is Cc1c(N2C(=O)C(=O)C(=C(O)c3ccc(Br)cc3)C2c2cccnc2)c(=O)n(-c2ccccc2)n1C. The highest BCUT2D eigenvalue weighted by atomic mass is 79.9. The average molecular weight is 545 g/mol. The number of hydrogen-bond acceptors (Lipinski definition) is 5. The van der Waals surface area contributed by atoms with Gasteiger partial charge in [-0.3, -0.25) is 28.9 Å². The maximum atomic E-state index is 13.7. The molecule has 180 valence electrons. The fraction of sp³-hybridized carbons (Fsp3) is 0.111. The molecule has 36 heavy (non-hydrogen) atoms. The number of carbonyl (C=O) groups is 2. The summed E-state index contributed by atoms with van der Waals surface area (Å²) in [6, 6.07) is 18.1. The highest BCUT2D eigenvalue weighted by Gasteiger charge is 2.49. The van der Waals surface area contributed by atoms with Crippen LogP contribution in [-0.2, 0) is 16.6 Å². The van der Waals surface area contributed by atoms with Crippen LogP contribution in [0.3, 0.4) is 0 Å². The quantitative estimate of drug-likeness (QED) is 0.235. The average Bonchev–Trinajstić information content (AvgIpc) is 3.28. The van der Waals surface area contributed by atoms with Gasteiger partial charge in [0.05, 0.1) is 23.0 Å². The molecule has 2 aromatic heterocycles. The summed E-state index contributed by atoms with van der Waals surface area (Å²) < 4.78 is 3.88. The van der Waals surface area contributed by atoms with Crippen LogP contribution in [-0.4, -0.2) is 31.1 Å². The van der Waals surface area contributed by atoms with Gasteiger partial charge in [-0.2, -0.15) is 0 Å². The molecule has 1 aliphatic rings. The molecule has 4 aromatic rings. The molecular weight excluding hydrogens is 524 g/mol. The van der Waals surface area contributed by atoms with Gasteiger partial charge in [0.1, 0.15) is 11.4 Å². The van der Waals surface area contributed by atoms with E-state index in [4.69, 9.17) is 0 Å². The minimum absolute atomic E-state index is 0.0622. The number of para-hydroxylation sites is 1. The van der Waals surface area contributed by atoms with Crippen molar-refractivity contribution in [2.24, 2.45) is 7.05 Å². The third-order valence-electron chi connectivity index (χ3n) is 6.33. The minimum Gasteiger partial charge on any atom is -0.507 e. The van der Waals surface area contributed by atoms with E-state index >= 15 is 0 Å². The number of anilines is 1. The first kappa shape index (κ1) is 23.5. The van der Waals surface area contributed by atoms with Gasteiger partial charge >= 0.3 is 0 Å². The van der Waals surface area contributed by atoms with Crippen LogP contribution >= 0.6 is 15.9 Å². The standard InChI is InChI=1S/C27H21BrN4O4/c1-16-22(26(35)32(30(16)2)20-8-4-3-5-9-20)31-23(18-7-6-14-29-15-18)21(25(34)27(31)36)24(33)17-10-12-19(28)13-11-17/h3-15,23,33H,1-2H3. The van der Waals surface area contributed by atoms with Crippen molar-refractivity contribution in [3.63, 3.8) is 0 Å². The van der Waals surface area contributed by atoms with E-state index in [1.165, 1.54) is 15.8 Å². The molecule has 1 saturated heterocycles. The second-order valence-electron chi connectivity index (χ2n) is 8.37. The molecule has 1 fully saturated rings. The van der Waals surface area contributed by atoms with Gasteiger partial charge in [-0.15, -0.1) is 0 Å². The smallest absolute Gasteiger partial charge is 0.300 e. The van der Waals surface area contributed by atoms with Crippen molar-refractivity contribution < 1.29 is 14.7 Å². The molecule has 1 N–H and O–H groups in total. The zero-order valence-corrected chi connectivity index (χ0v) is 21.0. The van der Waals surface area contributed by atoms with Crippen molar-refractivity contribution in [3.8, 4) is 5.69 Å². The molecule has 1 amide bonds. The molecule has 9 heteroatoms. The number of aliphatic hydroxyl groups excluding tert-OH is 1. The molecule has 1 unspecified atom stereocenters. The minimum atomic E-state index is -1.04. The van der Waals surface area contributed by atoms with Crippen LogP contribution in [0.1, 0.15) is 22.9 Å². The van der Waals surface area contributed by atoms with E-state index in [0.717, 1.165) is 4.47 Å². The Bertz CT molecular complexity index is 1570. The van der Waals surface area contributed by atoms with E-state index in [-0.39, 0.29) is 17.0 Å². The molecule has 0 radical (unpaired) electrons. The van der Waals surface area contributed by atoms with Gasteiger partial charge in [0, 0.05) is 29.5 Å². The molecule has 1 atom stereocenters. The van der Waals surface area contributed by atoms with Gasteiger partial charge in [-0.1, -0.05) is 52.3 Å². The van der Waals surface area contributed by atoms with Crippen molar-refractivity contribution in [1.29, 1.82) is 0 Å². The van der Waals surface area contributed by atoms with Gasteiger partial charge in [-0.05, 0) is 42.8 Å². The molecule has 1 aliphatic heterocycles. The molecular formula is C27H21BrN4O4. The Hall–Kier alpha value is -4.24. The Morgan fingerprint density at radius 1 is 0.972 bits per heavy atom. The number of Topliss-reactive ketones (excluding diaryl/α,β-unsaturated/α-hetero) is 1. The number of rotatable bonds is 4. The number of benzene rings is 2. The molecule has 0 spiro atoms.